The summed E-state index contributed by atoms with van der Waals surface area (Å²) in [6.07, 6.45) is 0. The molecule has 2 aromatic rings. The molecule has 20 heavy (non-hydrogen) atoms. The first-order valence-corrected chi connectivity index (χ1v) is 6.70. The van der Waals surface area contributed by atoms with Gasteiger partial charge in [0.25, 0.3) is 0 Å². The number of benzene rings is 2. The van der Waals surface area contributed by atoms with Crippen LogP contribution < -0.4 is 4.74 Å². The molecular formula is C13H9BrClNO4. The normalized spacial score (nSPS) is 10.3. The monoisotopic (exact) mass is 357 g/mol. The summed E-state index contributed by atoms with van der Waals surface area (Å²) in [4.78, 5) is 10.5. The number of ether oxygens (including phenoxy) is 1. The van der Waals surface area contributed by atoms with E-state index in [1.807, 2.05) is 0 Å². The number of para-hydroxylation sites is 1. The molecule has 0 bridgehead atoms. The third-order valence-electron chi connectivity index (χ3n) is 2.56. The summed E-state index contributed by atoms with van der Waals surface area (Å²) in [7, 11) is 0. The minimum absolute atomic E-state index is 0.102. The van der Waals surface area contributed by atoms with Crippen molar-refractivity contribution in [2.75, 3.05) is 0 Å². The number of aliphatic hydroxyl groups is 1. The van der Waals surface area contributed by atoms with Crippen LogP contribution in [0, 0.1) is 10.1 Å². The molecule has 2 rings (SSSR count). The second-order valence-corrected chi connectivity index (χ2v) is 5.12. The van der Waals surface area contributed by atoms with Gasteiger partial charge in [-0.25, -0.2) is 0 Å². The van der Waals surface area contributed by atoms with Crippen molar-refractivity contribution < 1.29 is 14.8 Å². The van der Waals surface area contributed by atoms with Gasteiger partial charge in [0.15, 0.2) is 0 Å². The molecule has 7 heteroatoms. The molecule has 5 nitrogen and oxygen atoms in total. The predicted molar refractivity (Wildman–Crippen MR) is 78.2 cm³/mol. The molecular weight excluding hydrogens is 350 g/mol. The van der Waals surface area contributed by atoms with Crippen molar-refractivity contribution in [2.45, 2.75) is 6.61 Å². The molecule has 104 valence electrons. The largest absolute Gasteiger partial charge is 0.449 e. The van der Waals surface area contributed by atoms with Crippen LogP contribution in [0.25, 0.3) is 0 Å². The van der Waals surface area contributed by atoms with Gasteiger partial charge in [-0.05, 0) is 39.7 Å². The summed E-state index contributed by atoms with van der Waals surface area (Å²) in [5, 5.41) is 20.3. The smallest absolute Gasteiger partial charge is 0.312 e. The molecule has 2 aromatic carbocycles. The van der Waals surface area contributed by atoms with E-state index in [1.54, 1.807) is 24.3 Å². The number of aliphatic hydroxyl groups excluding tert-OH is 1. The van der Waals surface area contributed by atoms with Gasteiger partial charge in [-0.2, -0.15) is 0 Å². The molecule has 0 amide bonds. The third kappa shape index (κ3) is 3.09. The molecule has 0 spiro atoms. The SMILES string of the molecule is O=[N+]([O-])c1cccc(Br)c1Oc1ccc(CO)c(Cl)c1. The van der Waals surface area contributed by atoms with E-state index in [9.17, 15) is 10.1 Å². The fourth-order valence-corrected chi connectivity index (χ4v) is 2.25. The van der Waals surface area contributed by atoms with E-state index >= 15 is 0 Å². The van der Waals surface area contributed by atoms with E-state index in [4.69, 9.17) is 21.4 Å². The molecule has 0 fully saturated rings. The first-order chi connectivity index (χ1) is 9.52. The summed E-state index contributed by atoms with van der Waals surface area (Å²) in [6, 6.07) is 9.23. The van der Waals surface area contributed by atoms with Crippen molar-refractivity contribution in [3.63, 3.8) is 0 Å². The number of nitro benzene ring substituents is 1. The van der Waals surface area contributed by atoms with Crippen LogP contribution in [0.4, 0.5) is 5.69 Å². The second-order valence-electron chi connectivity index (χ2n) is 3.86. The van der Waals surface area contributed by atoms with Gasteiger partial charge in [0.05, 0.1) is 16.0 Å². The number of nitrogens with zero attached hydrogens (tertiary/aromatic N) is 1. The standard InChI is InChI=1S/C13H9BrClNO4/c14-10-2-1-3-12(16(18)19)13(10)20-9-5-4-8(7-17)11(15)6-9/h1-6,17H,7H2. The van der Waals surface area contributed by atoms with Crippen LogP contribution >= 0.6 is 27.5 Å². The van der Waals surface area contributed by atoms with Gasteiger partial charge in [-0.15, -0.1) is 0 Å². The van der Waals surface area contributed by atoms with E-state index < -0.39 is 4.92 Å². The van der Waals surface area contributed by atoms with Crippen molar-refractivity contribution in [2.24, 2.45) is 0 Å². The highest BCUT2D eigenvalue weighted by Crippen LogP contribution is 2.38. The van der Waals surface area contributed by atoms with Gasteiger partial charge in [-0.1, -0.05) is 23.7 Å². The number of halogens is 2. The summed E-state index contributed by atoms with van der Waals surface area (Å²) in [5.74, 6) is 0.451. The molecule has 1 N–H and O–H groups in total. The predicted octanol–water partition coefficient (Wildman–Crippen LogP) is 4.30. The number of hydrogen-bond donors (Lipinski definition) is 1. The third-order valence-corrected chi connectivity index (χ3v) is 3.53. The van der Waals surface area contributed by atoms with Crippen LogP contribution in [0.1, 0.15) is 5.56 Å². The maximum atomic E-state index is 11.0. The molecule has 0 heterocycles. The minimum atomic E-state index is -0.524. The van der Waals surface area contributed by atoms with Crippen LogP contribution in [0.2, 0.25) is 5.02 Å². The van der Waals surface area contributed by atoms with Gasteiger partial charge in [-0.3, -0.25) is 10.1 Å². The number of rotatable bonds is 4. The van der Waals surface area contributed by atoms with E-state index in [0.29, 0.717) is 20.8 Å². The Morgan fingerprint density at radius 1 is 1.35 bits per heavy atom. The van der Waals surface area contributed by atoms with Gasteiger partial charge in [0, 0.05) is 11.1 Å². The Balaban J connectivity index is 2.39. The van der Waals surface area contributed by atoms with Gasteiger partial charge in [0.1, 0.15) is 5.75 Å². The average molecular weight is 359 g/mol. The van der Waals surface area contributed by atoms with E-state index in [-0.39, 0.29) is 18.0 Å². The van der Waals surface area contributed by atoms with Crippen molar-refractivity contribution >= 4 is 33.2 Å². The summed E-state index contributed by atoms with van der Waals surface area (Å²) >= 11 is 9.17. The lowest BCUT2D eigenvalue weighted by Gasteiger charge is -2.09. The average Bonchev–Trinajstić information content (AvgIpc) is 2.41. The number of hydrogen-bond acceptors (Lipinski definition) is 4. The molecule has 0 saturated carbocycles. The lowest BCUT2D eigenvalue weighted by molar-refractivity contribution is -0.385. The van der Waals surface area contributed by atoms with Crippen LogP contribution in [0.3, 0.4) is 0 Å². The van der Waals surface area contributed by atoms with Crippen LogP contribution in [-0.2, 0) is 6.61 Å². The lowest BCUT2D eigenvalue weighted by atomic mass is 10.2. The molecule has 0 saturated heterocycles. The molecule has 0 atom stereocenters. The van der Waals surface area contributed by atoms with Gasteiger partial charge >= 0.3 is 5.69 Å². The maximum absolute atomic E-state index is 11.0. The summed E-state index contributed by atoms with van der Waals surface area (Å²) in [5.41, 5.74) is 0.405. The fourth-order valence-electron chi connectivity index (χ4n) is 1.58. The number of nitro groups is 1. The highest BCUT2D eigenvalue weighted by atomic mass is 79.9. The van der Waals surface area contributed by atoms with Crippen molar-refractivity contribution in [1.29, 1.82) is 0 Å². The molecule has 0 aliphatic carbocycles. The minimum Gasteiger partial charge on any atom is -0.449 e. The van der Waals surface area contributed by atoms with E-state index in [2.05, 4.69) is 15.9 Å². The first kappa shape index (κ1) is 14.8. The maximum Gasteiger partial charge on any atom is 0.312 e. The molecule has 0 radical (unpaired) electrons. The molecule has 0 aliphatic heterocycles. The Labute approximate surface area is 128 Å². The topological polar surface area (TPSA) is 72.6 Å². The summed E-state index contributed by atoms with van der Waals surface area (Å²) < 4.78 is 5.99. The zero-order valence-corrected chi connectivity index (χ0v) is 12.4. The highest BCUT2D eigenvalue weighted by molar-refractivity contribution is 9.10. The van der Waals surface area contributed by atoms with Crippen LogP contribution in [0.15, 0.2) is 40.9 Å². The first-order valence-electron chi connectivity index (χ1n) is 5.53. The Bertz CT molecular complexity index is 663. The van der Waals surface area contributed by atoms with Crippen LogP contribution in [-0.4, -0.2) is 10.0 Å². The fraction of sp³-hybridized carbons (Fsp3) is 0.0769. The Hall–Kier alpha value is -1.63. The molecule has 0 unspecified atom stereocenters. The van der Waals surface area contributed by atoms with E-state index in [1.165, 1.54) is 12.1 Å². The van der Waals surface area contributed by atoms with Crippen molar-refractivity contribution in [3.05, 3.63) is 61.6 Å². The summed E-state index contributed by atoms with van der Waals surface area (Å²) in [6.45, 7) is -0.186. The van der Waals surface area contributed by atoms with Crippen molar-refractivity contribution in [3.8, 4) is 11.5 Å². The van der Waals surface area contributed by atoms with Gasteiger partial charge in [0.2, 0.25) is 5.75 Å². The Morgan fingerprint density at radius 3 is 2.70 bits per heavy atom. The molecule has 0 aromatic heterocycles. The van der Waals surface area contributed by atoms with Gasteiger partial charge < -0.3 is 9.84 Å². The zero-order chi connectivity index (χ0) is 14.7. The van der Waals surface area contributed by atoms with Crippen molar-refractivity contribution in [1.82, 2.24) is 0 Å². The molecule has 0 aliphatic rings. The highest BCUT2D eigenvalue weighted by Gasteiger charge is 2.19. The van der Waals surface area contributed by atoms with E-state index in [0.717, 1.165) is 0 Å². The quantitative estimate of drug-likeness (QED) is 0.653. The van der Waals surface area contributed by atoms with Crippen LogP contribution in [0.5, 0.6) is 11.5 Å². The Kier molecular flexibility index (Phi) is 4.59. The zero-order valence-electron chi connectivity index (χ0n) is 10.0. The second kappa shape index (κ2) is 6.21. The lowest BCUT2D eigenvalue weighted by Crippen LogP contribution is -1.95. The Morgan fingerprint density at radius 2 is 2.10 bits per heavy atom.